The van der Waals surface area contributed by atoms with Crippen molar-refractivity contribution in [2.75, 3.05) is 26.2 Å². The van der Waals surface area contributed by atoms with Crippen molar-refractivity contribution in [3.05, 3.63) is 36.3 Å². The molecule has 128 valence electrons. The van der Waals surface area contributed by atoms with Crippen molar-refractivity contribution in [3.63, 3.8) is 0 Å². The normalized spacial score (nSPS) is 25.5. The Balaban J connectivity index is 1.32. The molecular formula is C18H25N5O. The number of nitrogens with zero attached hydrogens (tertiary/aromatic N) is 4. The Morgan fingerprint density at radius 3 is 2.75 bits per heavy atom. The van der Waals surface area contributed by atoms with E-state index in [4.69, 9.17) is 5.73 Å². The van der Waals surface area contributed by atoms with Crippen LogP contribution in [0.2, 0.25) is 0 Å². The number of fused-ring (bicyclic) bond motifs is 1. The smallest absolute Gasteiger partial charge is 0.225 e. The van der Waals surface area contributed by atoms with Gasteiger partial charge in [-0.1, -0.05) is 6.07 Å². The summed E-state index contributed by atoms with van der Waals surface area (Å²) < 4.78 is 2.05. The zero-order valence-corrected chi connectivity index (χ0v) is 14.0. The number of hydrogen-bond acceptors (Lipinski definition) is 4. The van der Waals surface area contributed by atoms with Crippen LogP contribution in [0, 0.1) is 5.92 Å². The van der Waals surface area contributed by atoms with Crippen molar-refractivity contribution in [1.82, 2.24) is 19.2 Å². The topological polar surface area (TPSA) is 66.9 Å². The molecule has 0 aromatic carbocycles. The number of aromatic nitrogens is 2. The van der Waals surface area contributed by atoms with Crippen LogP contribution in [0.5, 0.6) is 0 Å². The fourth-order valence-electron chi connectivity index (χ4n) is 3.92. The highest BCUT2D eigenvalue weighted by atomic mass is 16.2. The van der Waals surface area contributed by atoms with Gasteiger partial charge >= 0.3 is 0 Å². The summed E-state index contributed by atoms with van der Waals surface area (Å²) >= 11 is 0. The van der Waals surface area contributed by atoms with Gasteiger partial charge in [0.1, 0.15) is 5.65 Å². The maximum Gasteiger partial charge on any atom is 0.225 e. The molecule has 1 aliphatic carbocycles. The van der Waals surface area contributed by atoms with Gasteiger partial charge < -0.3 is 15.0 Å². The van der Waals surface area contributed by atoms with Gasteiger partial charge in [0.25, 0.3) is 0 Å². The largest absolute Gasteiger partial charge is 0.340 e. The second kappa shape index (κ2) is 6.53. The molecule has 4 rings (SSSR count). The van der Waals surface area contributed by atoms with E-state index in [-0.39, 0.29) is 12.0 Å². The maximum absolute atomic E-state index is 12.6. The molecule has 2 aliphatic rings. The number of nitrogens with two attached hydrogens (primary N) is 1. The molecule has 0 bridgehead atoms. The Kier molecular flexibility index (Phi) is 4.24. The number of hydrogen-bond donors (Lipinski definition) is 1. The minimum absolute atomic E-state index is 0.157. The first-order valence-electron chi connectivity index (χ1n) is 8.88. The van der Waals surface area contributed by atoms with E-state index in [0.29, 0.717) is 5.91 Å². The van der Waals surface area contributed by atoms with Crippen molar-refractivity contribution < 1.29 is 4.79 Å². The molecule has 2 aromatic heterocycles. The van der Waals surface area contributed by atoms with Crippen LogP contribution in [0.1, 0.15) is 25.0 Å². The summed E-state index contributed by atoms with van der Waals surface area (Å²) in [5.74, 6) is 0.473. The predicted molar refractivity (Wildman–Crippen MR) is 92.4 cm³/mol. The first kappa shape index (κ1) is 15.6. The van der Waals surface area contributed by atoms with Crippen LogP contribution in [0.25, 0.3) is 5.65 Å². The standard InChI is InChI=1S/C18H25N5O/c19-15-5-4-14(11-15)18(24)22-9-7-21(8-10-22)12-16-13-23-6-2-1-3-17(23)20-16/h1-3,6,13-15H,4-5,7-12,19H2/t14-,15+/m0/s1. The van der Waals surface area contributed by atoms with Gasteiger partial charge in [-0.15, -0.1) is 0 Å². The molecule has 6 heteroatoms. The molecule has 1 saturated carbocycles. The lowest BCUT2D eigenvalue weighted by Gasteiger charge is -2.35. The monoisotopic (exact) mass is 327 g/mol. The molecule has 2 N–H and O–H groups in total. The first-order valence-corrected chi connectivity index (χ1v) is 8.88. The van der Waals surface area contributed by atoms with Crippen molar-refractivity contribution >= 4 is 11.6 Å². The Bertz CT molecular complexity index is 686. The van der Waals surface area contributed by atoms with Crippen LogP contribution < -0.4 is 5.73 Å². The van der Waals surface area contributed by atoms with Crippen molar-refractivity contribution in [2.45, 2.75) is 31.8 Å². The first-order chi connectivity index (χ1) is 11.7. The maximum atomic E-state index is 12.6. The highest BCUT2D eigenvalue weighted by Gasteiger charge is 2.32. The molecule has 0 radical (unpaired) electrons. The van der Waals surface area contributed by atoms with E-state index in [9.17, 15) is 4.79 Å². The van der Waals surface area contributed by atoms with Crippen LogP contribution in [0.15, 0.2) is 30.6 Å². The average Bonchev–Trinajstić information content (AvgIpc) is 3.20. The number of piperazine rings is 1. The minimum Gasteiger partial charge on any atom is -0.340 e. The summed E-state index contributed by atoms with van der Waals surface area (Å²) in [6, 6.07) is 6.26. The molecule has 6 nitrogen and oxygen atoms in total. The van der Waals surface area contributed by atoms with E-state index in [0.717, 1.165) is 63.3 Å². The van der Waals surface area contributed by atoms with Crippen LogP contribution in [-0.2, 0) is 11.3 Å². The van der Waals surface area contributed by atoms with Crippen LogP contribution in [-0.4, -0.2) is 57.3 Å². The van der Waals surface area contributed by atoms with E-state index >= 15 is 0 Å². The highest BCUT2D eigenvalue weighted by Crippen LogP contribution is 2.26. The quantitative estimate of drug-likeness (QED) is 0.917. The van der Waals surface area contributed by atoms with Gasteiger partial charge in [0.15, 0.2) is 0 Å². The van der Waals surface area contributed by atoms with E-state index in [1.54, 1.807) is 0 Å². The van der Waals surface area contributed by atoms with Crippen LogP contribution >= 0.6 is 0 Å². The van der Waals surface area contributed by atoms with Crippen molar-refractivity contribution in [1.29, 1.82) is 0 Å². The van der Waals surface area contributed by atoms with Gasteiger partial charge in [-0.2, -0.15) is 0 Å². The molecule has 1 saturated heterocycles. The van der Waals surface area contributed by atoms with E-state index in [1.807, 2.05) is 29.3 Å². The molecular weight excluding hydrogens is 302 g/mol. The van der Waals surface area contributed by atoms with Gasteiger partial charge in [0, 0.05) is 57.1 Å². The summed E-state index contributed by atoms with van der Waals surface area (Å²) in [6.07, 6.45) is 6.92. The number of carbonyl (C=O) groups is 1. The van der Waals surface area contributed by atoms with Crippen LogP contribution in [0.4, 0.5) is 0 Å². The highest BCUT2D eigenvalue weighted by molar-refractivity contribution is 5.79. The van der Waals surface area contributed by atoms with Gasteiger partial charge in [-0.3, -0.25) is 9.69 Å². The molecule has 0 unspecified atom stereocenters. The number of imidazole rings is 1. The van der Waals surface area contributed by atoms with Crippen LogP contribution in [0.3, 0.4) is 0 Å². The predicted octanol–water partition coefficient (Wildman–Crippen LogP) is 1.11. The fraction of sp³-hybridized carbons (Fsp3) is 0.556. The zero-order valence-electron chi connectivity index (χ0n) is 14.0. The molecule has 1 amide bonds. The molecule has 2 atom stereocenters. The van der Waals surface area contributed by atoms with Gasteiger partial charge in [-0.05, 0) is 31.4 Å². The minimum atomic E-state index is 0.157. The Hall–Kier alpha value is -1.92. The van der Waals surface area contributed by atoms with E-state index < -0.39 is 0 Å². The summed E-state index contributed by atoms with van der Waals surface area (Å²) in [6.45, 7) is 4.31. The third-order valence-corrected chi connectivity index (χ3v) is 5.31. The molecule has 3 heterocycles. The number of amides is 1. The Morgan fingerprint density at radius 2 is 2.04 bits per heavy atom. The van der Waals surface area contributed by atoms with E-state index in [1.165, 1.54) is 0 Å². The third-order valence-electron chi connectivity index (χ3n) is 5.31. The zero-order chi connectivity index (χ0) is 16.5. The second-order valence-electron chi connectivity index (χ2n) is 7.07. The Labute approximate surface area is 142 Å². The Morgan fingerprint density at radius 1 is 1.21 bits per heavy atom. The van der Waals surface area contributed by atoms with Gasteiger partial charge in [0.05, 0.1) is 5.69 Å². The van der Waals surface area contributed by atoms with Gasteiger partial charge in [-0.25, -0.2) is 4.98 Å². The third kappa shape index (κ3) is 3.16. The van der Waals surface area contributed by atoms with Gasteiger partial charge in [0.2, 0.25) is 5.91 Å². The van der Waals surface area contributed by atoms with E-state index in [2.05, 4.69) is 20.5 Å². The SMILES string of the molecule is N[C@@H]1CC[C@H](C(=O)N2CCN(Cc3cn4ccccc4n3)CC2)C1. The molecule has 24 heavy (non-hydrogen) atoms. The van der Waals surface area contributed by atoms with Crippen molar-refractivity contribution in [2.24, 2.45) is 11.7 Å². The lowest BCUT2D eigenvalue weighted by molar-refractivity contribution is -0.137. The fourth-order valence-corrected chi connectivity index (χ4v) is 3.92. The number of pyridine rings is 1. The summed E-state index contributed by atoms with van der Waals surface area (Å²) in [5.41, 5.74) is 8.02. The lowest BCUT2D eigenvalue weighted by Crippen LogP contribution is -2.49. The number of rotatable bonds is 3. The lowest BCUT2D eigenvalue weighted by atomic mass is 10.1. The summed E-state index contributed by atoms with van der Waals surface area (Å²) in [7, 11) is 0. The second-order valence-corrected chi connectivity index (χ2v) is 7.07. The molecule has 0 spiro atoms. The summed E-state index contributed by atoms with van der Waals surface area (Å²) in [5, 5.41) is 0. The average molecular weight is 327 g/mol. The molecule has 2 aromatic rings. The molecule has 2 fully saturated rings. The summed E-state index contributed by atoms with van der Waals surface area (Å²) in [4.78, 5) is 21.6. The van der Waals surface area contributed by atoms with Crippen molar-refractivity contribution in [3.8, 4) is 0 Å². The molecule has 1 aliphatic heterocycles. The number of carbonyl (C=O) groups excluding carboxylic acids is 1.